The molecule has 0 heterocycles. The van der Waals surface area contributed by atoms with E-state index in [9.17, 15) is 9.50 Å². The fraction of sp³-hybridized carbons (Fsp3) is 0.0769. The molecule has 0 radical (unpaired) electrons. The minimum Gasteiger partial charge on any atom is -0.392 e. The van der Waals surface area contributed by atoms with Crippen LogP contribution in [0.2, 0.25) is 0 Å². The minimum absolute atomic E-state index is 0.0307. The zero-order valence-corrected chi connectivity index (χ0v) is 11.3. The van der Waals surface area contributed by atoms with Crippen molar-refractivity contribution in [2.45, 2.75) is 16.4 Å². The van der Waals surface area contributed by atoms with Crippen molar-refractivity contribution >= 4 is 27.7 Å². The molecule has 17 heavy (non-hydrogen) atoms. The van der Waals surface area contributed by atoms with Gasteiger partial charge in [-0.3, -0.25) is 0 Å². The lowest BCUT2D eigenvalue weighted by Crippen LogP contribution is -1.87. The van der Waals surface area contributed by atoms with Gasteiger partial charge in [0.1, 0.15) is 5.82 Å². The normalized spacial score (nSPS) is 10.5. The van der Waals surface area contributed by atoms with E-state index in [4.69, 9.17) is 0 Å². The van der Waals surface area contributed by atoms with Gasteiger partial charge in [0.15, 0.2) is 0 Å². The summed E-state index contributed by atoms with van der Waals surface area (Å²) in [4.78, 5) is 1.75. The lowest BCUT2D eigenvalue weighted by molar-refractivity contribution is 0.279. The highest BCUT2D eigenvalue weighted by Gasteiger charge is 2.05. The molecule has 0 saturated carbocycles. The first-order valence-electron chi connectivity index (χ1n) is 5.02. The van der Waals surface area contributed by atoms with Crippen LogP contribution in [0.5, 0.6) is 0 Å². The van der Waals surface area contributed by atoms with Gasteiger partial charge in [0.25, 0.3) is 0 Å². The highest BCUT2D eigenvalue weighted by atomic mass is 79.9. The maximum Gasteiger partial charge on any atom is 0.124 e. The second-order valence-electron chi connectivity index (χ2n) is 3.47. The van der Waals surface area contributed by atoms with E-state index in [0.717, 1.165) is 19.8 Å². The van der Waals surface area contributed by atoms with Crippen LogP contribution >= 0.6 is 27.7 Å². The molecule has 0 bridgehead atoms. The molecule has 0 amide bonds. The van der Waals surface area contributed by atoms with Gasteiger partial charge in [-0.2, -0.15) is 0 Å². The Hall–Kier alpha value is -0.840. The molecule has 0 aliphatic rings. The fourth-order valence-corrected chi connectivity index (χ4v) is 2.80. The van der Waals surface area contributed by atoms with Gasteiger partial charge in [-0.25, -0.2) is 4.39 Å². The van der Waals surface area contributed by atoms with Crippen LogP contribution in [0, 0.1) is 5.82 Å². The molecular formula is C13H10BrFOS. The Kier molecular flexibility index (Phi) is 4.20. The average Bonchev–Trinajstić information content (AvgIpc) is 2.31. The summed E-state index contributed by atoms with van der Waals surface area (Å²) in [6.45, 7) is -0.0307. The number of rotatable bonds is 3. The molecular weight excluding hydrogens is 303 g/mol. The van der Waals surface area contributed by atoms with Crippen LogP contribution < -0.4 is 0 Å². The van der Waals surface area contributed by atoms with E-state index in [1.165, 1.54) is 23.9 Å². The van der Waals surface area contributed by atoms with Crippen molar-refractivity contribution in [2.24, 2.45) is 0 Å². The van der Waals surface area contributed by atoms with Gasteiger partial charge < -0.3 is 5.11 Å². The van der Waals surface area contributed by atoms with Gasteiger partial charge >= 0.3 is 0 Å². The van der Waals surface area contributed by atoms with Crippen LogP contribution in [0.25, 0.3) is 0 Å². The van der Waals surface area contributed by atoms with E-state index in [-0.39, 0.29) is 12.4 Å². The van der Waals surface area contributed by atoms with Crippen molar-refractivity contribution in [3.8, 4) is 0 Å². The van der Waals surface area contributed by atoms with Gasteiger partial charge in [0.2, 0.25) is 0 Å². The molecule has 2 rings (SSSR count). The van der Waals surface area contributed by atoms with Crippen molar-refractivity contribution in [2.75, 3.05) is 0 Å². The maximum absolute atomic E-state index is 13.0. The molecule has 2 aromatic rings. The Balaban J connectivity index is 2.29. The summed E-state index contributed by atoms with van der Waals surface area (Å²) in [7, 11) is 0. The van der Waals surface area contributed by atoms with Crippen molar-refractivity contribution < 1.29 is 9.50 Å². The Labute approximate surface area is 112 Å². The lowest BCUT2D eigenvalue weighted by Gasteiger charge is -2.07. The number of hydrogen-bond acceptors (Lipinski definition) is 2. The summed E-state index contributed by atoms with van der Waals surface area (Å²) in [5.74, 6) is -0.252. The van der Waals surface area contributed by atoms with Crippen LogP contribution in [-0.2, 0) is 6.61 Å². The standard InChI is InChI=1S/C13H10BrFOS/c14-10-4-5-13(9(6-10)8-16)17-12-3-1-2-11(15)7-12/h1-7,16H,8H2. The molecule has 4 heteroatoms. The van der Waals surface area contributed by atoms with Gasteiger partial charge in [-0.05, 0) is 42.0 Å². The minimum atomic E-state index is -0.252. The molecule has 0 aliphatic carbocycles. The quantitative estimate of drug-likeness (QED) is 0.915. The summed E-state index contributed by atoms with van der Waals surface area (Å²) < 4.78 is 14.0. The Morgan fingerprint density at radius 1 is 1.18 bits per heavy atom. The molecule has 0 unspecified atom stereocenters. The monoisotopic (exact) mass is 312 g/mol. The van der Waals surface area contributed by atoms with Crippen molar-refractivity contribution in [3.05, 3.63) is 58.3 Å². The number of halogens is 2. The predicted molar refractivity (Wildman–Crippen MR) is 70.6 cm³/mol. The summed E-state index contributed by atoms with van der Waals surface area (Å²) in [6, 6.07) is 12.1. The molecule has 2 aromatic carbocycles. The zero-order valence-electron chi connectivity index (χ0n) is 8.86. The van der Waals surface area contributed by atoms with E-state index in [1.54, 1.807) is 6.07 Å². The highest BCUT2D eigenvalue weighted by molar-refractivity contribution is 9.10. The molecule has 1 N–H and O–H groups in total. The van der Waals surface area contributed by atoms with E-state index < -0.39 is 0 Å². The van der Waals surface area contributed by atoms with Crippen molar-refractivity contribution in [3.63, 3.8) is 0 Å². The highest BCUT2D eigenvalue weighted by Crippen LogP contribution is 2.32. The Morgan fingerprint density at radius 2 is 2.00 bits per heavy atom. The van der Waals surface area contributed by atoms with Gasteiger partial charge in [-0.15, -0.1) is 0 Å². The maximum atomic E-state index is 13.0. The van der Waals surface area contributed by atoms with Gasteiger partial charge in [-0.1, -0.05) is 33.8 Å². The molecule has 0 fully saturated rings. The predicted octanol–water partition coefficient (Wildman–Crippen LogP) is 4.23. The Morgan fingerprint density at radius 3 is 2.71 bits per heavy atom. The number of aliphatic hydroxyl groups is 1. The first-order valence-corrected chi connectivity index (χ1v) is 6.62. The Bertz CT molecular complexity index is 531. The van der Waals surface area contributed by atoms with Crippen LogP contribution in [0.3, 0.4) is 0 Å². The van der Waals surface area contributed by atoms with Gasteiger partial charge in [0, 0.05) is 14.3 Å². The zero-order chi connectivity index (χ0) is 12.3. The van der Waals surface area contributed by atoms with Crippen LogP contribution in [0.4, 0.5) is 4.39 Å². The van der Waals surface area contributed by atoms with Gasteiger partial charge in [0.05, 0.1) is 6.61 Å². The summed E-state index contributed by atoms with van der Waals surface area (Å²) >= 11 is 4.79. The van der Waals surface area contributed by atoms with Crippen LogP contribution in [-0.4, -0.2) is 5.11 Å². The molecule has 0 spiro atoms. The SMILES string of the molecule is OCc1cc(Br)ccc1Sc1cccc(F)c1. The van der Waals surface area contributed by atoms with Crippen molar-refractivity contribution in [1.29, 1.82) is 0 Å². The van der Waals surface area contributed by atoms with Crippen LogP contribution in [0.15, 0.2) is 56.7 Å². The van der Waals surface area contributed by atoms with E-state index in [1.807, 2.05) is 24.3 Å². The fourth-order valence-electron chi connectivity index (χ4n) is 1.43. The smallest absolute Gasteiger partial charge is 0.124 e. The van der Waals surface area contributed by atoms with E-state index >= 15 is 0 Å². The molecule has 0 atom stereocenters. The third-order valence-electron chi connectivity index (χ3n) is 2.22. The first kappa shape index (κ1) is 12.6. The summed E-state index contributed by atoms with van der Waals surface area (Å²) in [5, 5.41) is 9.27. The number of hydrogen-bond donors (Lipinski definition) is 1. The largest absolute Gasteiger partial charge is 0.392 e. The summed E-state index contributed by atoms with van der Waals surface area (Å²) in [5.41, 5.74) is 0.827. The molecule has 1 nitrogen and oxygen atoms in total. The van der Waals surface area contributed by atoms with E-state index in [2.05, 4.69) is 15.9 Å². The topological polar surface area (TPSA) is 20.2 Å². The van der Waals surface area contributed by atoms with E-state index in [0.29, 0.717) is 0 Å². The second-order valence-corrected chi connectivity index (χ2v) is 5.50. The lowest BCUT2D eigenvalue weighted by atomic mass is 10.2. The average molecular weight is 313 g/mol. The third kappa shape index (κ3) is 3.31. The number of aliphatic hydroxyl groups excluding tert-OH is 1. The molecule has 88 valence electrons. The first-order chi connectivity index (χ1) is 8.19. The molecule has 0 saturated heterocycles. The second kappa shape index (κ2) is 5.67. The molecule has 0 aliphatic heterocycles. The van der Waals surface area contributed by atoms with Crippen molar-refractivity contribution in [1.82, 2.24) is 0 Å². The molecule has 0 aromatic heterocycles. The number of benzene rings is 2. The third-order valence-corrected chi connectivity index (χ3v) is 3.82. The van der Waals surface area contributed by atoms with Crippen LogP contribution in [0.1, 0.15) is 5.56 Å². The summed E-state index contributed by atoms with van der Waals surface area (Å²) in [6.07, 6.45) is 0.